The molecule has 0 saturated carbocycles. The first-order valence-corrected chi connectivity index (χ1v) is 5.47. The molecule has 1 N–H and O–H groups in total. The monoisotopic (exact) mass is 222 g/mol. The van der Waals surface area contributed by atoms with Gasteiger partial charge in [-0.3, -0.25) is 0 Å². The Morgan fingerprint density at radius 3 is 3.06 bits per heavy atom. The molecule has 1 aromatic heterocycles. The van der Waals surface area contributed by atoms with E-state index in [9.17, 15) is 4.39 Å². The molecule has 86 valence electrons. The topological polar surface area (TPSA) is 38.1 Å². The van der Waals surface area contributed by atoms with Gasteiger partial charge in [0.15, 0.2) is 11.5 Å². The lowest BCUT2D eigenvalue weighted by molar-refractivity contribution is 0.469. The first kappa shape index (κ1) is 11.1. The number of benzene rings is 1. The summed E-state index contributed by atoms with van der Waals surface area (Å²) in [5.41, 5.74) is 1.22. The number of hydrogen-bond donors (Lipinski definition) is 1. The third kappa shape index (κ3) is 2.39. The molecule has 1 aromatic carbocycles. The summed E-state index contributed by atoms with van der Waals surface area (Å²) in [4.78, 5) is 4.25. The summed E-state index contributed by atoms with van der Waals surface area (Å²) in [7, 11) is 0. The van der Waals surface area contributed by atoms with E-state index >= 15 is 0 Å². The molecule has 16 heavy (non-hydrogen) atoms. The highest BCUT2D eigenvalue weighted by Gasteiger charge is 2.09. The van der Waals surface area contributed by atoms with Crippen molar-refractivity contribution in [2.45, 2.75) is 26.3 Å². The SMILES string of the molecule is CCNC(C)Cc1nc2cc(F)ccc2o1. The Morgan fingerprint density at radius 2 is 2.31 bits per heavy atom. The number of hydrogen-bond acceptors (Lipinski definition) is 3. The van der Waals surface area contributed by atoms with Gasteiger partial charge < -0.3 is 9.73 Å². The van der Waals surface area contributed by atoms with Crippen LogP contribution in [0, 0.1) is 5.82 Å². The van der Waals surface area contributed by atoms with Crippen molar-refractivity contribution in [3.63, 3.8) is 0 Å². The molecule has 0 saturated heterocycles. The zero-order valence-corrected chi connectivity index (χ0v) is 9.46. The van der Waals surface area contributed by atoms with E-state index in [2.05, 4.69) is 24.1 Å². The maximum absolute atomic E-state index is 12.9. The summed E-state index contributed by atoms with van der Waals surface area (Å²) in [5.74, 6) is 0.362. The van der Waals surface area contributed by atoms with Crippen molar-refractivity contribution in [2.24, 2.45) is 0 Å². The molecular formula is C12H15FN2O. The maximum atomic E-state index is 12.9. The summed E-state index contributed by atoms with van der Waals surface area (Å²) >= 11 is 0. The second-order valence-electron chi connectivity index (χ2n) is 3.88. The number of nitrogens with one attached hydrogen (secondary N) is 1. The van der Waals surface area contributed by atoms with Gasteiger partial charge in [-0.2, -0.15) is 0 Å². The zero-order chi connectivity index (χ0) is 11.5. The lowest BCUT2D eigenvalue weighted by atomic mass is 10.2. The van der Waals surface area contributed by atoms with Crippen molar-refractivity contribution < 1.29 is 8.81 Å². The van der Waals surface area contributed by atoms with Gasteiger partial charge >= 0.3 is 0 Å². The molecule has 2 rings (SSSR count). The minimum atomic E-state index is -0.285. The second-order valence-corrected chi connectivity index (χ2v) is 3.88. The van der Waals surface area contributed by atoms with E-state index in [1.807, 2.05) is 0 Å². The van der Waals surface area contributed by atoms with Gasteiger partial charge in [0.2, 0.25) is 0 Å². The fourth-order valence-electron chi connectivity index (χ4n) is 1.72. The molecule has 0 aliphatic heterocycles. The summed E-state index contributed by atoms with van der Waals surface area (Å²) in [5, 5.41) is 3.28. The van der Waals surface area contributed by atoms with Crippen LogP contribution in [0.4, 0.5) is 4.39 Å². The summed E-state index contributed by atoms with van der Waals surface area (Å²) in [6.07, 6.45) is 0.712. The molecule has 0 spiro atoms. The molecule has 0 bridgehead atoms. The van der Waals surface area contributed by atoms with Crippen LogP contribution < -0.4 is 5.32 Å². The molecular weight excluding hydrogens is 207 g/mol. The predicted octanol–water partition coefficient (Wildman–Crippen LogP) is 2.51. The van der Waals surface area contributed by atoms with Gasteiger partial charge in [0.1, 0.15) is 11.3 Å². The highest BCUT2D eigenvalue weighted by atomic mass is 19.1. The maximum Gasteiger partial charge on any atom is 0.197 e. The Bertz CT molecular complexity index is 481. The van der Waals surface area contributed by atoms with Crippen LogP contribution >= 0.6 is 0 Å². The smallest absolute Gasteiger partial charge is 0.197 e. The normalized spacial score (nSPS) is 13.2. The number of nitrogens with zero attached hydrogens (tertiary/aromatic N) is 1. The molecule has 0 amide bonds. The molecule has 0 fully saturated rings. The number of oxazole rings is 1. The average Bonchev–Trinajstić information content (AvgIpc) is 2.59. The van der Waals surface area contributed by atoms with E-state index < -0.39 is 0 Å². The van der Waals surface area contributed by atoms with Crippen LogP contribution in [0.5, 0.6) is 0 Å². The summed E-state index contributed by atoms with van der Waals surface area (Å²) in [6.45, 7) is 5.03. The van der Waals surface area contributed by atoms with Gasteiger partial charge in [0.05, 0.1) is 0 Å². The zero-order valence-electron chi connectivity index (χ0n) is 9.46. The quantitative estimate of drug-likeness (QED) is 0.863. The molecule has 3 nitrogen and oxygen atoms in total. The highest BCUT2D eigenvalue weighted by molar-refractivity contribution is 5.72. The van der Waals surface area contributed by atoms with Crippen LogP contribution in [0.1, 0.15) is 19.7 Å². The van der Waals surface area contributed by atoms with Crippen LogP contribution in [0.2, 0.25) is 0 Å². The van der Waals surface area contributed by atoms with Crippen LogP contribution in [0.3, 0.4) is 0 Å². The van der Waals surface area contributed by atoms with Gasteiger partial charge in [0, 0.05) is 18.5 Å². The van der Waals surface area contributed by atoms with E-state index in [0.29, 0.717) is 29.5 Å². The van der Waals surface area contributed by atoms with Gasteiger partial charge in [-0.1, -0.05) is 6.92 Å². The molecule has 0 radical (unpaired) electrons. The summed E-state index contributed by atoms with van der Waals surface area (Å²) < 4.78 is 18.5. The van der Waals surface area contributed by atoms with E-state index in [1.165, 1.54) is 12.1 Å². The molecule has 1 atom stereocenters. The number of likely N-dealkylation sites (N-methyl/N-ethyl adjacent to an activating group) is 1. The van der Waals surface area contributed by atoms with Crippen molar-refractivity contribution >= 4 is 11.1 Å². The second kappa shape index (κ2) is 4.61. The van der Waals surface area contributed by atoms with Gasteiger partial charge in [-0.25, -0.2) is 9.37 Å². The number of fused-ring (bicyclic) bond motifs is 1. The Kier molecular flexibility index (Phi) is 3.19. The van der Waals surface area contributed by atoms with Gasteiger partial charge in [-0.15, -0.1) is 0 Å². The van der Waals surface area contributed by atoms with Crippen molar-refractivity contribution in [3.8, 4) is 0 Å². The van der Waals surface area contributed by atoms with Gasteiger partial charge in [0.25, 0.3) is 0 Å². The Hall–Kier alpha value is -1.42. The third-order valence-corrected chi connectivity index (χ3v) is 2.43. The van der Waals surface area contributed by atoms with E-state index in [4.69, 9.17) is 4.42 Å². The van der Waals surface area contributed by atoms with Crippen molar-refractivity contribution in [3.05, 3.63) is 29.9 Å². The van der Waals surface area contributed by atoms with Crippen molar-refractivity contribution in [1.82, 2.24) is 10.3 Å². The lowest BCUT2D eigenvalue weighted by Crippen LogP contribution is -2.27. The Balaban J connectivity index is 2.19. The largest absolute Gasteiger partial charge is 0.441 e. The predicted molar refractivity (Wildman–Crippen MR) is 60.8 cm³/mol. The molecule has 0 aliphatic rings. The highest BCUT2D eigenvalue weighted by Crippen LogP contribution is 2.17. The fourth-order valence-corrected chi connectivity index (χ4v) is 1.72. The number of rotatable bonds is 4. The van der Waals surface area contributed by atoms with E-state index in [-0.39, 0.29) is 5.82 Å². The van der Waals surface area contributed by atoms with Crippen LogP contribution in [-0.4, -0.2) is 17.6 Å². The number of aromatic nitrogens is 1. The van der Waals surface area contributed by atoms with Crippen LogP contribution in [-0.2, 0) is 6.42 Å². The van der Waals surface area contributed by atoms with Crippen molar-refractivity contribution in [1.29, 1.82) is 0 Å². The first-order valence-electron chi connectivity index (χ1n) is 5.47. The lowest BCUT2D eigenvalue weighted by Gasteiger charge is -2.08. The summed E-state index contributed by atoms with van der Waals surface area (Å²) in [6, 6.07) is 4.69. The minimum Gasteiger partial charge on any atom is -0.441 e. The average molecular weight is 222 g/mol. The third-order valence-electron chi connectivity index (χ3n) is 2.43. The van der Waals surface area contributed by atoms with Crippen LogP contribution in [0.15, 0.2) is 22.6 Å². The molecule has 1 heterocycles. The molecule has 2 aromatic rings. The molecule has 4 heteroatoms. The van der Waals surface area contributed by atoms with Gasteiger partial charge in [-0.05, 0) is 25.6 Å². The Morgan fingerprint density at radius 1 is 1.50 bits per heavy atom. The van der Waals surface area contributed by atoms with E-state index in [1.54, 1.807) is 6.07 Å². The molecule has 0 aliphatic carbocycles. The fraction of sp³-hybridized carbons (Fsp3) is 0.417. The van der Waals surface area contributed by atoms with E-state index in [0.717, 1.165) is 6.54 Å². The standard InChI is InChI=1S/C12H15FN2O/c1-3-14-8(2)6-12-15-10-7-9(13)4-5-11(10)16-12/h4-5,7-8,14H,3,6H2,1-2H3. The number of halogens is 1. The van der Waals surface area contributed by atoms with Crippen molar-refractivity contribution in [2.75, 3.05) is 6.54 Å². The first-order chi connectivity index (χ1) is 7.69. The van der Waals surface area contributed by atoms with Crippen LogP contribution in [0.25, 0.3) is 11.1 Å². The minimum absolute atomic E-state index is 0.285. The Labute approximate surface area is 93.7 Å². The molecule has 1 unspecified atom stereocenters.